The first-order valence-corrected chi connectivity index (χ1v) is 9.16. The fourth-order valence-corrected chi connectivity index (χ4v) is 3.19. The lowest BCUT2D eigenvalue weighted by Crippen LogP contribution is -2.43. The number of pyridine rings is 1. The van der Waals surface area contributed by atoms with Crippen LogP contribution in [0.2, 0.25) is 0 Å². The normalized spacial score (nSPS) is 14.9. The molecule has 2 aromatic rings. The van der Waals surface area contributed by atoms with Crippen LogP contribution in [-0.4, -0.2) is 46.2 Å². The molecule has 146 valence electrons. The van der Waals surface area contributed by atoms with E-state index in [0.29, 0.717) is 0 Å². The molecule has 7 nitrogen and oxygen atoms in total. The lowest BCUT2D eigenvalue weighted by atomic mass is 10.1. The van der Waals surface area contributed by atoms with Gasteiger partial charge in [0.25, 0.3) is 0 Å². The SMILES string of the molecule is COc1ccc(C(C)N(Cc2ccccn2)C(=O)CN2C(=O)CCC2=O)cc1. The molecule has 0 bridgehead atoms. The summed E-state index contributed by atoms with van der Waals surface area (Å²) in [6, 6.07) is 12.7. The minimum Gasteiger partial charge on any atom is -0.497 e. The maximum absolute atomic E-state index is 13.1. The van der Waals surface area contributed by atoms with Gasteiger partial charge in [0.05, 0.1) is 25.4 Å². The first kappa shape index (κ1) is 19.5. The quantitative estimate of drug-likeness (QED) is 0.688. The molecule has 1 aromatic heterocycles. The van der Waals surface area contributed by atoms with E-state index in [0.717, 1.165) is 21.9 Å². The molecule has 1 fully saturated rings. The Morgan fingerprint density at radius 1 is 1.14 bits per heavy atom. The van der Waals surface area contributed by atoms with Gasteiger partial charge >= 0.3 is 0 Å². The number of carbonyl (C=O) groups is 3. The number of rotatable bonds is 7. The van der Waals surface area contributed by atoms with Crippen molar-refractivity contribution in [3.05, 3.63) is 59.9 Å². The van der Waals surface area contributed by atoms with E-state index >= 15 is 0 Å². The highest BCUT2D eigenvalue weighted by Crippen LogP contribution is 2.25. The van der Waals surface area contributed by atoms with E-state index in [4.69, 9.17) is 4.74 Å². The van der Waals surface area contributed by atoms with Gasteiger partial charge in [-0.2, -0.15) is 0 Å². The van der Waals surface area contributed by atoms with E-state index in [-0.39, 0.29) is 49.7 Å². The summed E-state index contributed by atoms with van der Waals surface area (Å²) in [6.07, 6.45) is 2.00. The van der Waals surface area contributed by atoms with Crippen molar-refractivity contribution >= 4 is 17.7 Å². The van der Waals surface area contributed by atoms with Crippen LogP contribution in [-0.2, 0) is 20.9 Å². The van der Waals surface area contributed by atoms with Gasteiger partial charge in [0, 0.05) is 19.0 Å². The van der Waals surface area contributed by atoms with Crippen LogP contribution in [0.25, 0.3) is 0 Å². The number of hydrogen-bond donors (Lipinski definition) is 0. The predicted octanol–water partition coefficient (Wildman–Crippen LogP) is 2.33. The zero-order valence-electron chi connectivity index (χ0n) is 16.0. The van der Waals surface area contributed by atoms with E-state index in [9.17, 15) is 14.4 Å². The highest BCUT2D eigenvalue weighted by molar-refractivity contribution is 6.04. The number of ether oxygens (including phenoxy) is 1. The molecule has 1 aliphatic heterocycles. The van der Waals surface area contributed by atoms with Crippen molar-refractivity contribution in [3.63, 3.8) is 0 Å². The van der Waals surface area contributed by atoms with Crippen LogP contribution >= 0.6 is 0 Å². The van der Waals surface area contributed by atoms with Crippen molar-refractivity contribution in [2.75, 3.05) is 13.7 Å². The fraction of sp³-hybridized carbons (Fsp3) is 0.333. The van der Waals surface area contributed by atoms with Crippen LogP contribution < -0.4 is 4.74 Å². The first-order chi connectivity index (χ1) is 13.5. The summed E-state index contributed by atoms with van der Waals surface area (Å²) in [5.74, 6) is -0.161. The lowest BCUT2D eigenvalue weighted by Gasteiger charge is -2.31. The molecule has 1 aromatic carbocycles. The summed E-state index contributed by atoms with van der Waals surface area (Å²) >= 11 is 0. The average Bonchev–Trinajstić information content (AvgIpc) is 3.04. The van der Waals surface area contributed by atoms with Crippen molar-refractivity contribution in [1.29, 1.82) is 0 Å². The maximum Gasteiger partial charge on any atom is 0.243 e. The number of methoxy groups -OCH3 is 1. The zero-order chi connectivity index (χ0) is 20.1. The average molecular weight is 381 g/mol. The molecule has 1 unspecified atom stereocenters. The molecule has 0 radical (unpaired) electrons. The monoisotopic (exact) mass is 381 g/mol. The van der Waals surface area contributed by atoms with Crippen molar-refractivity contribution in [2.24, 2.45) is 0 Å². The second kappa shape index (κ2) is 8.65. The van der Waals surface area contributed by atoms with Crippen LogP contribution in [0.15, 0.2) is 48.7 Å². The summed E-state index contributed by atoms with van der Waals surface area (Å²) < 4.78 is 5.19. The minimum atomic E-state index is -0.298. The summed E-state index contributed by atoms with van der Waals surface area (Å²) in [5.41, 5.74) is 1.65. The summed E-state index contributed by atoms with van der Waals surface area (Å²) in [6.45, 7) is 1.95. The Bertz CT molecular complexity index is 836. The van der Waals surface area contributed by atoms with Crippen LogP contribution in [0.1, 0.15) is 37.1 Å². The van der Waals surface area contributed by atoms with E-state index in [2.05, 4.69) is 4.98 Å². The van der Waals surface area contributed by atoms with Gasteiger partial charge in [0.15, 0.2) is 0 Å². The molecule has 0 spiro atoms. The Hall–Kier alpha value is -3.22. The molecule has 0 N–H and O–H groups in total. The molecule has 1 atom stereocenters. The van der Waals surface area contributed by atoms with Gasteiger partial charge in [-0.3, -0.25) is 24.3 Å². The predicted molar refractivity (Wildman–Crippen MR) is 102 cm³/mol. The number of carbonyl (C=O) groups excluding carboxylic acids is 3. The van der Waals surface area contributed by atoms with Gasteiger partial charge in [-0.15, -0.1) is 0 Å². The lowest BCUT2D eigenvalue weighted by molar-refractivity contribution is -0.146. The van der Waals surface area contributed by atoms with Crippen LogP contribution in [0.3, 0.4) is 0 Å². The topological polar surface area (TPSA) is 79.8 Å². The Balaban J connectivity index is 1.83. The summed E-state index contributed by atoms with van der Waals surface area (Å²) in [4.78, 5) is 43.9. The Morgan fingerprint density at radius 2 is 1.82 bits per heavy atom. The zero-order valence-corrected chi connectivity index (χ0v) is 16.0. The Morgan fingerprint density at radius 3 is 2.39 bits per heavy atom. The Kier molecular flexibility index (Phi) is 6.03. The van der Waals surface area contributed by atoms with Crippen molar-refractivity contribution in [2.45, 2.75) is 32.4 Å². The number of hydrogen-bond acceptors (Lipinski definition) is 5. The number of benzene rings is 1. The highest BCUT2D eigenvalue weighted by Gasteiger charge is 2.33. The van der Waals surface area contributed by atoms with Gasteiger partial charge in [-0.1, -0.05) is 18.2 Å². The largest absolute Gasteiger partial charge is 0.497 e. The van der Waals surface area contributed by atoms with Gasteiger partial charge < -0.3 is 9.64 Å². The van der Waals surface area contributed by atoms with Gasteiger partial charge in [-0.25, -0.2) is 0 Å². The number of likely N-dealkylation sites (tertiary alicyclic amines) is 1. The van der Waals surface area contributed by atoms with E-state index in [1.54, 1.807) is 18.2 Å². The van der Waals surface area contributed by atoms with Crippen molar-refractivity contribution < 1.29 is 19.1 Å². The summed E-state index contributed by atoms with van der Waals surface area (Å²) in [7, 11) is 1.60. The van der Waals surface area contributed by atoms with Crippen molar-refractivity contribution in [1.82, 2.24) is 14.8 Å². The van der Waals surface area contributed by atoms with Crippen LogP contribution in [0.5, 0.6) is 5.75 Å². The molecule has 1 aliphatic rings. The minimum absolute atomic E-state index is 0.167. The highest BCUT2D eigenvalue weighted by atomic mass is 16.5. The van der Waals surface area contributed by atoms with Gasteiger partial charge in [0.1, 0.15) is 12.3 Å². The third-order valence-corrected chi connectivity index (χ3v) is 4.89. The number of aromatic nitrogens is 1. The number of nitrogens with zero attached hydrogens (tertiary/aromatic N) is 3. The number of amides is 3. The van der Waals surface area contributed by atoms with E-state index < -0.39 is 0 Å². The van der Waals surface area contributed by atoms with Crippen LogP contribution in [0, 0.1) is 0 Å². The van der Waals surface area contributed by atoms with Gasteiger partial charge in [-0.05, 0) is 36.8 Å². The molecular formula is C21H23N3O4. The molecular weight excluding hydrogens is 358 g/mol. The maximum atomic E-state index is 13.1. The standard InChI is InChI=1S/C21H23N3O4/c1-15(16-6-8-18(28-2)9-7-16)23(13-17-5-3-4-12-22-17)21(27)14-24-19(25)10-11-20(24)26/h3-9,12,15H,10-11,13-14H2,1-2H3. The Labute approximate surface area is 163 Å². The van der Waals surface area contributed by atoms with E-state index in [1.165, 1.54) is 0 Å². The molecule has 0 aliphatic carbocycles. The molecule has 0 saturated carbocycles. The molecule has 3 rings (SSSR count). The molecule has 1 saturated heterocycles. The first-order valence-electron chi connectivity index (χ1n) is 9.16. The van der Waals surface area contributed by atoms with Crippen LogP contribution in [0.4, 0.5) is 0 Å². The van der Waals surface area contributed by atoms with Gasteiger partial charge in [0.2, 0.25) is 17.7 Å². The second-order valence-corrected chi connectivity index (χ2v) is 6.67. The third-order valence-electron chi connectivity index (χ3n) is 4.89. The molecule has 2 heterocycles. The fourth-order valence-electron chi connectivity index (χ4n) is 3.19. The molecule has 3 amide bonds. The van der Waals surface area contributed by atoms with E-state index in [1.807, 2.05) is 49.4 Å². The molecule has 28 heavy (non-hydrogen) atoms. The van der Waals surface area contributed by atoms with Crippen molar-refractivity contribution in [3.8, 4) is 5.75 Å². The number of imide groups is 1. The third kappa shape index (κ3) is 4.36. The second-order valence-electron chi connectivity index (χ2n) is 6.67. The summed E-state index contributed by atoms with van der Waals surface area (Å²) in [5, 5.41) is 0. The smallest absolute Gasteiger partial charge is 0.243 e. The molecule has 7 heteroatoms.